The van der Waals surface area contributed by atoms with Crippen LogP contribution < -0.4 is 5.32 Å². The summed E-state index contributed by atoms with van der Waals surface area (Å²) in [6.45, 7) is 7.90. The van der Waals surface area contributed by atoms with Crippen molar-refractivity contribution in [2.24, 2.45) is 0 Å². The van der Waals surface area contributed by atoms with Gasteiger partial charge in [0.1, 0.15) is 5.82 Å². The van der Waals surface area contributed by atoms with Crippen LogP contribution in [-0.2, 0) is 5.41 Å². The molecule has 0 fully saturated rings. The Kier molecular flexibility index (Phi) is 4.15. The SMILES string of the molecule is CC(C)n1cnc2c(Nc3ccnnc3)nc(C(C)(C)CO)nc21. The molecule has 24 heavy (non-hydrogen) atoms. The Labute approximate surface area is 140 Å². The van der Waals surface area contributed by atoms with Crippen LogP contribution in [0.15, 0.2) is 24.8 Å². The first-order chi connectivity index (χ1) is 11.4. The van der Waals surface area contributed by atoms with E-state index in [9.17, 15) is 5.11 Å². The average molecular weight is 327 g/mol. The summed E-state index contributed by atoms with van der Waals surface area (Å²) in [5.74, 6) is 1.15. The minimum atomic E-state index is -0.562. The van der Waals surface area contributed by atoms with Gasteiger partial charge in [0.05, 0.1) is 31.0 Å². The molecule has 3 rings (SSSR count). The molecule has 0 aliphatic carbocycles. The molecule has 8 nitrogen and oxygen atoms in total. The zero-order valence-electron chi connectivity index (χ0n) is 14.2. The molecule has 0 saturated carbocycles. The zero-order valence-corrected chi connectivity index (χ0v) is 14.2. The molecule has 0 saturated heterocycles. The van der Waals surface area contributed by atoms with Crippen LogP contribution in [-0.4, -0.2) is 41.4 Å². The van der Waals surface area contributed by atoms with Gasteiger partial charge in [-0.1, -0.05) is 13.8 Å². The molecule has 0 aliphatic rings. The summed E-state index contributed by atoms with van der Waals surface area (Å²) in [4.78, 5) is 13.7. The van der Waals surface area contributed by atoms with Gasteiger partial charge in [-0.3, -0.25) is 0 Å². The fraction of sp³-hybridized carbons (Fsp3) is 0.438. The largest absolute Gasteiger partial charge is 0.395 e. The van der Waals surface area contributed by atoms with Gasteiger partial charge >= 0.3 is 0 Å². The van der Waals surface area contributed by atoms with Crippen LogP contribution in [0.3, 0.4) is 0 Å². The topological polar surface area (TPSA) is 102 Å². The van der Waals surface area contributed by atoms with Crippen molar-refractivity contribution in [1.29, 1.82) is 0 Å². The van der Waals surface area contributed by atoms with Crippen LogP contribution in [0.5, 0.6) is 0 Å². The lowest BCUT2D eigenvalue weighted by molar-refractivity contribution is 0.212. The number of fused-ring (bicyclic) bond motifs is 1. The number of nitrogens with zero attached hydrogens (tertiary/aromatic N) is 6. The Bertz CT molecular complexity index is 842. The fourth-order valence-electron chi connectivity index (χ4n) is 2.26. The van der Waals surface area contributed by atoms with E-state index in [1.54, 1.807) is 24.8 Å². The smallest absolute Gasteiger partial charge is 0.166 e. The molecule has 0 atom stereocenters. The molecule has 0 aliphatic heterocycles. The minimum absolute atomic E-state index is 0.0510. The second-order valence-corrected chi connectivity index (χ2v) is 6.61. The number of hydrogen-bond donors (Lipinski definition) is 2. The third-order valence-corrected chi connectivity index (χ3v) is 3.83. The molecule has 3 aromatic rings. The fourth-order valence-corrected chi connectivity index (χ4v) is 2.26. The molecule has 0 spiro atoms. The molecule has 0 bridgehead atoms. The predicted molar refractivity (Wildman–Crippen MR) is 91.1 cm³/mol. The predicted octanol–water partition coefficient (Wildman–Crippen LogP) is 2.21. The van der Waals surface area contributed by atoms with Crippen LogP contribution in [0, 0.1) is 0 Å². The van der Waals surface area contributed by atoms with Crippen molar-refractivity contribution in [3.05, 3.63) is 30.6 Å². The van der Waals surface area contributed by atoms with E-state index in [1.807, 2.05) is 18.4 Å². The monoisotopic (exact) mass is 327 g/mol. The summed E-state index contributed by atoms with van der Waals surface area (Å²) in [5, 5.41) is 20.5. The van der Waals surface area contributed by atoms with Gasteiger partial charge in [-0.05, 0) is 19.9 Å². The van der Waals surface area contributed by atoms with Crippen molar-refractivity contribution in [2.75, 3.05) is 11.9 Å². The van der Waals surface area contributed by atoms with Gasteiger partial charge in [0.15, 0.2) is 17.0 Å². The van der Waals surface area contributed by atoms with E-state index in [-0.39, 0.29) is 12.6 Å². The van der Waals surface area contributed by atoms with E-state index in [0.29, 0.717) is 17.2 Å². The van der Waals surface area contributed by atoms with Gasteiger partial charge < -0.3 is 15.0 Å². The van der Waals surface area contributed by atoms with E-state index in [1.165, 1.54) is 0 Å². The molecule has 3 aromatic heterocycles. The maximum absolute atomic E-state index is 9.69. The summed E-state index contributed by atoms with van der Waals surface area (Å²) in [6, 6.07) is 2.02. The van der Waals surface area contributed by atoms with Crippen molar-refractivity contribution in [3.8, 4) is 0 Å². The third kappa shape index (κ3) is 2.92. The standard InChI is InChI=1S/C16H21N7O/c1-10(2)23-9-17-12-13(20-11-5-6-18-19-7-11)21-15(22-14(12)23)16(3,4)8-24/h5-7,9-10,24H,8H2,1-4H3,(H,18,20,21,22). The molecule has 3 heterocycles. The zero-order chi connectivity index (χ0) is 17.3. The summed E-state index contributed by atoms with van der Waals surface area (Å²) in [5.41, 5.74) is 1.61. The number of aliphatic hydroxyl groups is 1. The molecule has 0 aromatic carbocycles. The van der Waals surface area contributed by atoms with E-state index in [4.69, 9.17) is 0 Å². The highest BCUT2D eigenvalue weighted by molar-refractivity contribution is 5.85. The minimum Gasteiger partial charge on any atom is -0.395 e. The van der Waals surface area contributed by atoms with E-state index in [0.717, 1.165) is 11.3 Å². The lowest BCUT2D eigenvalue weighted by atomic mass is 9.94. The van der Waals surface area contributed by atoms with E-state index in [2.05, 4.69) is 44.3 Å². The Hall–Kier alpha value is -2.61. The molecular weight excluding hydrogens is 306 g/mol. The summed E-state index contributed by atoms with van der Waals surface area (Å²) < 4.78 is 1.99. The van der Waals surface area contributed by atoms with Crippen LogP contribution >= 0.6 is 0 Å². The molecule has 2 N–H and O–H groups in total. The first-order valence-electron chi connectivity index (χ1n) is 7.82. The van der Waals surface area contributed by atoms with Gasteiger partial charge in [-0.25, -0.2) is 15.0 Å². The summed E-state index contributed by atoms with van der Waals surface area (Å²) in [7, 11) is 0. The molecule has 0 radical (unpaired) electrons. The lowest BCUT2D eigenvalue weighted by Crippen LogP contribution is -2.26. The van der Waals surface area contributed by atoms with E-state index >= 15 is 0 Å². The van der Waals surface area contributed by atoms with Gasteiger partial charge in [0, 0.05) is 11.5 Å². The first kappa shape index (κ1) is 16.3. The number of rotatable bonds is 5. The maximum atomic E-state index is 9.69. The summed E-state index contributed by atoms with van der Waals surface area (Å²) in [6.07, 6.45) is 4.98. The lowest BCUT2D eigenvalue weighted by Gasteiger charge is -2.21. The highest BCUT2D eigenvalue weighted by atomic mass is 16.3. The second-order valence-electron chi connectivity index (χ2n) is 6.61. The van der Waals surface area contributed by atoms with Gasteiger partial charge in [0.25, 0.3) is 0 Å². The Morgan fingerprint density at radius 1 is 1.25 bits per heavy atom. The quantitative estimate of drug-likeness (QED) is 0.740. The molecule has 126 valence electrons. The second kappa shape index (κ2) is 6.12. The number of anilines is 2. The number of hydrogen-bond acceptors (Lipinski definition) is 7. The first-order valence-corrected chi connectivity index (χ1v) is 7.82. The highest BCUT2D eigenvalue weighted by Gasteiger charge is 2.26. The molecule has 8 heteroatoms. The maximum Gasteiger partial charge on any atom is 0.166 e. The van der Waals surface area contributed by atoms with Crippen molar-refractivity contribution in [2.45, 2.75) is 39.2 Å². The number of imidazole rings is 1. The van der Waals surface area contributed by atoms with Gasteiger partial charge in [-0.15, -0.1) is 0 Å². The summed E-state index contributed by atoms with van der Waals surface area (Å²) >= 11 is 0. The third-order valence-electron chi connectivity index (χ3n) is 3.83. The Morgan fingerprint density at radius 3 is 2.67 bits per heavy atom. The van der Waals surface area contributed by atoms with Crippen LogP contribution in [0.1, 0.15) is 39.6 Å². The average Bonchev–Trinajstić information content (AvgIpc) is 3.00. The van der Waals surface area contributed by atoms with Crippen molar-refractivity contribution in [1.82, 2.24) is 29.7 Å². The van der Waals surface area contributed by atoms with Gasteiger partial charge in [0.2, 0.25) is 0 Å². The number of aliphatic hydroxyl groups excluding tert-OH is 1. The van der Waals surface area contributed by atoms with Gasteiger partial charge in [-0.2, -0.15) is 10.2 Å². The Balaban J connectivity index is 2.19. The van der Waals surface area contributed by atoms with Crippen molar-refractivity contribution < 1.29 is 5.11 Å². The highest BCUT2D eigenvalue weighted by Crippen LogP contribution is 2.28. The number of aromatic nitrogens is 6. The molecule has 0 amide bonds. The molecule has 0 unspecified atom stereocenters. The normalized spacial score (nSPS) is 12.1. The van der Waals surface area contributed by atoms with Crippen molar-refractivity contribution >= 4 is 22.7 Å². The molecular formula is C16H21N7O. The Morgan fingerprint density at radius 2 is 2.04 bits per heavy atom. The number of nitrogens with one attached hydrogen (secondary N) is 1. The van der Waals surface area contributed by atoms with Crippen LogP contribution in [0.25, 0.3) is 11.2 Å². The van der Waals surface area contributed by atoms with E-state index < -0.39 is 5.41 Å². The van der Waals surface area contributed by atoms with Crippen molar-refractivity contribution in [3.63, 3.8) is 0 Å². The van der Waals surface area contributed by atoms with Crippen LogP contribution in [0.4, 0.5) is 11.5 Å². The van der Waals surface area contributed by atoms with Crippen LogP contribution in [0.2, 0.25) is 0 Å².